The second kappa shape index (κ2) is 6.83. The molecule has 0 aromatic rings. The molecule has 1 fully saturated rings. The molecule has 1 N–H and O–H groups in total. The monoisotopic (exact) mass is 213 g/mol. The smallest absolute Gasteiger partial charge is 0.246 e. The van der Waals surface area contributed by atoms with Gasteiger partial charge in [-0.1, -0.05) is 26.2 Å². The second-order valence-electron chi connectivity index (χ2n) is 4.44. The van der Waals surface area contributed by atoms with Gasteiger partial charge in [0.05, 0.1) is 0 Å². The summed E-state index contributed by atoms with van der Waals surface area (Å²) in [5.74, 6) is 0.733. The van der Waals surface area contributed by atoms with Crippen molar-refractivity contribution in [3.63, 3.8) is 0 Å². The van der Waals surface area contributed by atoms with Crippen molar-refractivity contribution < 1.29 is 9.53 Å². The molecule has 0 aliphatic heterocycles. The summed E-state index contributed by atoms with van der Waals surface area (Å²) in [7, 11) is 1.56. The first-order chi connectivity index (χ1) is 7.27. The van der Waals surface area contributed by atoms with Crippen LogP contribution >= 0.6 is 0 Å². The minimum absolute atomic E-state index is 0.0332. The number of amides is 1. The molecule has 0 unspecified atom stereocenters. The maximum atomic E-state index is 11.4. The molecule has 1 amide bonds. The summed E-state index contributed by atoms with van der Waals surface area (Å²) in [4.78, 5) is 11.4. The summed E-state index contributed by atoms with van der Waals surface area (Å²) >= 11 is 0. The molecule has 1 saturated carbocycles. The highest BCUT2D eigenvalue weighted by molar-refractivity contribution is 5.77. The van der Waals surface area contributed by atoms with Gasteiger partial charge in [0.2, 0.25) is 5.91 Å². The average molecular weight is 213 g/mol. The molecule has 1 aliphatic rings. The van der Waals surface area contributed by atoms with Gasteiger partial charge in [-0.15, -0.1) is 0 Å². The Morgan fingerprint density at radius 3 is 2.93 bits per heavy atom. The molecule has 1 rings (SSSR count). The van der Waals surface area contributed by atoms with Gasteiger partial charge in [-0.3, -0.25) is 4.79 Å². The normalized spacial score (nSPS) is 25.5. The lowest BCUT2D eigenvalue weighted by molar-refractivity contribution is -0.125. The Morgan fingerprint density at radius 1 is 1.47 bits per heavy atom. The molecule has 1 aliphatic carbocycles. The lowest BCUT2D eigenvalue weighted by Crippen LogP contribution is -2.39. The minimum atomic E-state index is 0.0332. The molecule has 2 atom stereocenters. The van der Waals surface area contributed by atoms with Crippen LogP contribution in [0.4, 0.5) is 0 Å². The summed E-state index contributed by atoms with van der Waals surface area (Å²) in [5.41, 5.74) is 0. The first-order valence-electron chi connectivity index (χ1n) is 6.06. The van der Waals surface area contributed by atoms with Crippen LogP contribution < -0.4 is 5.32 Å². The van der Waals surface area contributed by atoms with E-state index in [0.29, 0.717) is 12.0 Å². The third kappa shape index (κ3) is 4.20. The highest BCUT2D eigenvalue weighted by Crippen LogP contribution is 2.29. The predicted molar refractivity (Wildman–Crippen MR) is 60.7 cm³/mol. The maximum Gasteiger partial charge on any atom is 0.246 e. The fourth-order valence-electron chi connectivity index (χ4n) is 2.42. The van der Waals surface area contributed by atoms with Crippen LogP contribution in [0.3, 0.4) is 0 Å². The molecule has 3 heteroatoms. The molecule has 15 heavy (non-hydrogen) atoms. The van der Waals surface area contributed by atoms with Gasteiger partial charge in [0.15, 0.2) is 0 Å². The quantitative estimate of drug-likeness (QED) is 0.734. The zero-order valence-electron chi connectivity index (χ0n) is 9.92. The molecule has 0 spiro atoms. The van der Waals surface area contributed by atoms with E-state index in [1.54, 1.807) is 7.11 Å². The zero-order chi connectivity index (χ0) is 11.1. The number of nitrogens with one attached hydrogen (secondary N) is 1. The Labute approximate surface area is 92.6 Å². The summed E-state index contributed by atoms with van der Waals surface area (Å²) in [6.07, 6.45) is 7.46. The van der Waals surface area contributed by atoms with Crippen molar-refractivity contribution >= 4 is 5.91 Å². The van der Waals surface area contributed by atoms with Crippen molar-refractivity contribution in [3.05, 3.63) is 0 Å². The van der Waals surface area contributed by atoms with Crippen LogP contribution in [-0.4, -0.2) is 25.7 Å². The SMILES string of the molecule is CCCC[C@H]1CCC[C@H]1NC(=O)COC. The van der Waals surface area contributed by atoms with E-state index < -0.39 is 0 Å². The van der Waals surface area contributed by atoms with Gasteiger partial charge >= 0.3 is 0 Å². The number of hydrogen-bond acceptors (Lipinski definition) is 2. The molecule has 0 radical (unpaired) electrons. The zero-order valence-corrected chi connectivity index (χ0v) is 9.92. The fourth-order valence-corrected chi connectivity index (χ4v) is 2.42. The van der Waals surface area contributed by atoms with Gasteiger partial charge < -0.3 is 10.1 Å². The van der Waals surface area contributed by atoms with Crippen LogP contribution in [0.25, 0.3) is 0 Å². The summed E-state index contributed by atoms with van der Waals surface area (Å²) < 4.78 is 4.82. The highest BCUT2D eigenvalue weighted by atomic mass is 16.5. The van der Waals surface area contributed by atoms with E-state index in [0.717, 1.165) is 6.42 Å². The first kappa shape index (κ1) is 12.5. The molecule has 0 bridgehead atoms. The topological polar surface area (TPSA) is 38.3 Å². The van der Waals surface area contributed by atoms with Gasteiger partial charge in [0.1, 0.15) is 6.61 Å². The number of carbonyl (C=O) groups excluding carboxylic acids is 1. The Hall–Kier alpha value is -0.570. The molecule has 88 valence electrons. The molecule has 0 heterocycles. The highest BCUT2D eigenvalue weighted by Gasteiger charge is 2.27. The number of carbonyl (C=O) groups is 1. The van der Waals surface area contributed by atoms with E-state index in [4.69, 9.17) is 4.74 Å². The first-order valence-corrected chi connectivity index (χ1v) is 6.06. The van der Waals surface area contributed by atoms with Crippen LogP contribution in [0.2, 0.25) is 0 Å². The number of methoxy groups -OCH3 is 1. The van der Waals surface area contributed by atoms with Crippen molar-refractivity contribution in [1.82, 2.24) is 5.32 Å². The standard InChI is InChI=1S/C12H23NO2/c1-3-4-6-10-7-5-8-11(10)13-12(14)9-15-2/h10-11H,3-9H2,1-2H3,(H,13,14)/t10-,11+/m0/s1. The van der Waals surface area contributed by atoms with E-state index in [9.17, 15) is 4.79 Å². The van der Waals surface area contributed by atoms with Crippen LogP contribution in [0.15, 0.2) is 0 Å². The van der Waals surface area contributed by atoms with Gasteiger partial charge in [0, 0.05) is 13.2 Å². The molecule has 0 saturated heterocycles. The van der Waals surface area contributed by atoms with Crippen molar-refractivity contribution in [2.24, 2.45) is 5.92 Å². The summed E-state index contributed by atoms with van der Waals surface area (Å²) in [6.45, 7) is 2.41. The van der Waals surface area contributed by atoms with Crippen LogP contribution in [-0.2, 0) is 9.53 Å². The third-order valence-electron chi connectivity index (χ3n) is 3.21. The Balaban J connectivity index is 2.29. The molecule has 3 nitrogen and oxygen atoms in total. The minimum Gasteiger partial charge on any atom is -0.375 e. The number of hydrogen-bond donors (Lipinski definition) is 1. The van der Waals surface area contributed by atoms with Gasteiger partial charge in [-0.05, 0) is 25.2 Å². The Kier molecular flexibility index (Phi) is 5.69. The predicted octanol–water partition coefficient (Wildman–Crippen LogP) is 2.11. The average Bonchev–Trinajstić information content (AvgIpc) is 2.63. The third-order valence-corrected chi connectivity index (χ3v) is 3.21. The number of unbranched alkanes of at least 4 members (excludes halogenated alkanes) is 1. The molecule has 0 aromatic carbocycles. The van der Waals surface area contributed by atoms with E-state index in [1.807, 2.05) is 0 Å². The van der Waals surface area contributed by atoms with Crippen molar-refractivity contribution in [2.45, 2.75) is 51.5 Å². The van der Waals surface area contributed by atoms with Crippen LogP contribution in [0.1, 0.15) is 45.4 Å². The Bertz CT molecular complexity index is 194. The number of ether oxygens (including phenoxy) is 1. The molecular formula is C12H23NO2. The maximum absolute atomic E-state index is 11.4. The van der Waals surface area contributed by atoms with Gasteiger partial charge in [0.25, 0.3) is 0 Å². The van der Waals surface area contributed by atoms with Crippen LogP contribution in [0.5, 0.6) is 0 Å². The van der Waals surface area contributed by atoms with Gasteiger partial charge in [-0.25, -0.2) is 0 Å². The molecular weight excluding hydrogens is 190 g/mol. The van der Waals surface area contributed by atoms with Crippen molar-refractivity contribution in [3.8, 4) is 0 Å². The fraction of sp³-hybridized carbons (Fsp3) is 0.917. The summed E-state index contributed by atoms with van der Waals surface area (Å²) in [5, 5.41) is 3.07. The van der Waals surface area contributed by atoms with Crippen molar-refractivity contribution in [2.75, 3.05) is 13.7 Å². The van der Waals surface area contributed by atoms with E-state index >= 15 is 0 Å². The summed E-state index contributed by atoms with van der Waals surface area (Å²) in [6, 6.07) is 0.402. The van der Waals surface area contributed by atoms with Crippen molar-refractivity contribution in [1.29, 1.82) is 0 Å². The lowest BCUT2D eigenvalue weighted by atomic mass is 9.97. The second-order valence-corrected chi connectivity index (χ2v) is 4.44. The largest absolute Gasteiger partial charge is 0.375 e. The van der Waals surface area contributed by atoms with E-state index in [-0.39, 0.29) is 12.5 Å². The van der Waals surface area contributed by atoms with Crippen LogP contribution in [0, 0.1) is 5.92 Å². The molecule has 0 aromatic heterocycles. The number of rotatable bonds is 6. The lowest BCUT2D eigenvalue weighted by Gasteiger charge is -2.20. The van der Waals surface area contributed by atoms with E-state index in [1.165, 1.54) is 32.1 Å². The van der Waals surface area contributed by atoms with E-state index in [2.05, 4.69) is 12.2 Å². The van der Waals surface area contributed by atoms with Gasteiger partial charge in [-0.2, -0.15) is 0 Å². The Morgan fingerprint density at radius 2 is 2.27 bits per heavy atom.